The van der Waals surface area contributed by atoms with Gasteiger partial charge in [0.05, 0.1) is 24.4 Å². The zero-order valence-corrected chi connectivity index (χ0v) is 23.2. The van der Waals surface area contributed by atoms with Crippen molar-refractivity contribution in [2.45, 2.75) is 17.7 Å². The lowest BCUT2D eigenvalue weighted by Crippen LogP contribution is -2.18. The molecule has 192 valence electrons. The zero-order chi connectivity index (χ0) is 27.1. The molecule has 1 N–H and O–H groups in total. The summed E-state index contributed by atoms with van der Waals surface area (Å²) in [5.41, 5.74) is 3.82. The second-order valence-corrected chi connectivity index (χ2v) is 10.4. The van der Waals surface area contributed by atoms with Gasteiger partial charge in [-0.2, -0.15) is 5.26 Å². The summed E-state index contributed by atoms with van der Waals surface area (Å²) in [7, 11) is 1.88. The molecule has 0 saturated carbocycles. The average Bonchev–Trinajstić information content (AvgIpc) is 3.43. The Morgan fingerprint density at radius 2 is 1.87 bits per heavy atom. The van der Waals surface area contributed by atoms with Crippen LogP contribution in [0.15, 0.2) is 58.9 Å². The van der Waals surface area contributed by atoms with Crippen LogP contribution in [-0.4, -0.2) is 41.9 Å². The molecular formula is C28H24ClN5O2S2. The topological polar surface area (TPSA) is 86.6 Å². The predicted octanol–water partition coefficient (Wildman–Crippen LogP) is 7.07. The number of pyridine rings is 1. The van der Waals surface area contributed by atoms with E-state index in [2.05, 4.69) is 10.9 Å². The van der Waals surface area contributed by atoms with Crippen LogP contribution in [0, 0.1) is 17.9 Å². The van der Waals surface area contributed by atoms with Crippen molar-refractivity contribution in [3.63, 3.8) is 0 Å². The number of nitriles is 1. The van der Waals surface area contributed by atoms with E-state index in [1.54, 1.807) is 23.5 Å². The van der Waals surface area contributed by atoms with Gasteiger partial charge in [-0.3, -0.25) is 0 Å². The predicted molar refractivity (Wildman–Crippen MR) is 154 cm³/mol. The molecule has 0 spiro atoms. The van der Waals surface area contributed by atoms with Gasteiger partial charge in [0.25, 0.3) is 0 Å². The van der Waals surface area contributed by atoms with E-state index in [4.69, 9.17) is 38.0 Å². The lowest BCUT2D eigenvalue weighted by Gasteiger charge is -2.21. The summed E-state index contributed by atoms with van der Waals surface area (Å²) in [5, 5.41) is 23.4. The maximum atomic E-state index is 10.2. The Bertz CT molecular complexity index is 1490. The zero-order valence-electron chi connectivity index (χ0n) is 20.8. The number of thiazole rings is 1. The van der Waals surface area contributed by atoms with Crippen molar-refractivity contribution in [3.8, 4) is 33.5 Å². The number of hydrogen-bond donors (Lipinski definition) is 1. The van der Waals surface area contributed by atoms with Crippen LogP contribution in [0.4, 0.5) is 11.5 Å². The van der Waals surface area contributed by atoms with Crippen LogP contribution in [0.5, 0.6) is 5.75 Å². The Balaban J connectivity index is 1.71. The summed E-state index contributed by atoms with van der Waals surface area (Å²) in [6.07, 6.45) is 0. The number of aromatic nitrogens is 2. The molecule has 2 aromatic carbocycles. The molecule has 2 aromatic heterocycles. The third-order valence-corrected chi connectivity index (χ3v) is 7.88. The Morgan fingerprint density at radius 3 is 2.50 bits per heavy atom. The second-order valence-electron chi connectivity index (χ2n) is 8.11. The summed E-state index contributed by atoms with van der Waals surface area (Å²) in [6, 6.07) is 17.0. The Hall–Kier alpha value is -3.60. The number of rotatable bonds is 10. The van der Waals surface area contributed by atoms with Gasteiger partial charge in [0, 0.05) is 40.9 Å². The normalized spacial score (nSPS) is 10.6. The number of anilines is 1. The lowest BCUT2D eigenvalue weighted by molar-refractivity contribution is 0.201. The molecule has 0 atom stereocenters. The van der Waals surface area contributed by atoms with Gasteiger partial charge in [-0.25, -0.2) is 14.8 Å². The minimum absolute atomic E-state index is 0.0833. The fraction of sp³-hybridized carbons (Fsp3) is 0.214. The molecule has 0 radical (unpaired) electrons. The highest BCUT2D eigenvalue weighted by atomic mass is 35.5. The number of aliphatic hydroxyl groups is 1. The van der Waals surface area contributed by atoms with E-state index >= 15 is 0 Å². The molecule has 0 aliphatic rings. The quantitative estimate of drug-likeness (QED) is 0.164. The molecule has 0 aliphatic carbocycles. The minimum Gasteiger partial charge on any atom is -0.491 e. The number of halogens is 1. The first-order valence-electron chi connectivity index (χ1n) is 11.7. The van der Waals surface area contributed by atoms with E-state index in [1.807, 2.05) is 60.6 Å². The molecule has 0 amide bonds. The highest BCUT2D eigenvalue weighted by molar-refractivity contribution is 7.98. The highest BCUT2D eigenvalue weighted by Crippen LogP contribution is 2.44. The number of nitrogens with zero attached hydrogens (tertiary/aromatic N) is 5. The molecule has 4 aromatic rings. The molecule has 2 heterocycles. The van der Waals surface area contributed by atoms with Gasteiger partial charge in [-0.1, -0.05) is 47.6 Å². The van der Waals surface area contributed by atoms with Crippen LogP contribution in [0.3, 0.4) is 0 Å². The third-order valence-electron chi connectivity index (χ3n) is 5.68. The van der Waals surface area contributed by atoms with Gasteiger partial charge in [0.15, 0.2) is 0 Å². The van der Waals surface area contributed by atoms with Crippen molar-refractivity contribution in [2.75, 3.05) is 31.7 Å². The largest absolute Gasteiger partial charge is 0.491 e. The van der Waals surface area contributed by atoms with Crippen LogP contribution in [0.25, 0.3) is 26.5 Å². The molecule has 4 rings (SSSR count). The summed E-state index contributed by atoms with van der Waals surface area (Å²) < 4.78 is 5.48. The fourth-order valence-corrected chi connectivity index (χ4v) is 5.61. The van der Waals surface area contributed by atoms with Crippen molar-refractivity contribution < 1.29 is 9.84 Å². The lowest BCUT2D eigenvalue weighted by atomic mass is 9.99. The van der Waals surface area contributed by atoms with Gasteiger partial charge >= 0.3 is 0 Å². The van der Waals surface area contributed by atoms with Crippen molar-refractivity contribution in [1.29, 1.82) is 5.26 Å². The van der Waals surface area contributed by atoms with Gasteiger partial charge in [0.2, 0.25) is 5.69 Å². The van der Waals surface area contributed by atoms with Gasteiger partial charge in [-0.15, -0.1) is 11.3 Å². The van der Waals surface area contributed by atoms with Crippen molar-refractivity contribution in [2.24, 2.45) is 0 Å². The van der Waals surface area contributed by atoms with Crippen LogP contribution in [0.2, 0.25) is 5.02 Å². The van der Waals surface area contributed by atoms with Crippen molar-refractivity contribution >= 4 is 46.2 Å². The maximum absolute atomic E-state index is 10.2. The van der Waals surface area contributed by atoms with Crippen LogP contribution < -0.4 is 9.64 Å². The summed E-state index contributed by atoms with van der Waals surface area (Å²) in [5.74, 6) is 1.64. The third kappa shape index (κ3) is 6.09. The molecule has 0 unspecified atom stereocenters. The van der Waals surface area contributed by atoms with Crippen molar-refractivity contribution in [3.05, 3.63) is 81.6 Å². The van der Waals surface area contributed by atoms with E-state index < -0.39 is 0 Å². The van der Waals surface area contributed by atoms with Gasteiger partial charge < -0.3 is 14.7 Å². The number of benzene rings is 2. The number of ether oxygens (including phenoxy) is 1. The Morgan fingerprint density at radius 1 is 1.16 bits per heavy atom. The summed E-state index contributed by atoms with van der Waals surface area (Å²) >= 11 is 8.99. The first-order valence-corrected chi connectivity index (χ1v) is 14.0. The van der Waals surface area contributed by atoms with Gasteiger partial charge in [-0.05, 0) is 36.8 Å². The van der Waals surface area contributed by atoms with E-state index in [0.717, 1.165) is 21.8 Å². The average molecular weight is 562 g/mol. The highest BCUT2D eigenvalue weighted by Gasteiger charge is 2.24. The second kappa shape index (κ2) is 12.8. The first kappa shape index (κ1) is 27.4. The number of hydrogen-bond acceptors (Lipinski definition) is 8. The molecule has 0 aliphatic heterocycles. The molecular weight excluding hydrogens is 538 g/mol. The van der Waals surface area contributed by atoms with E-state index in [-0.39, 0.29) is 13.2 Å². The SMILES string of the molecule is [C-]#[N+]c1c(N(C)CC)nc(SCc2csc(-c3ccc(Cl)cc3)n2)c(C#N)c1-c1ccc(OCCO)cc1. The number of thioether (sulfide) groups is 1. The van der Waals surface area contributed by atoms with Crippen LogP contribution >= 0.6 is 34.7 Å². The fourth-order valence-electron chi connectivity index (χ4n) is 3.68. The van der Waals surface area contributed by atoms with Crippen LogP contribution in [0.1, 0.15) is 18.2 Å². The molecule has 0 bridgehead atoms. The standard InChI is InChI=1S/C28H24ClN5O2S2/c1-4-34(3)26-25(31-2)24(18-7-11-22(12-8-18)36-14-13-35)23(15-30)28(33-26)38-17-21-16-37-27(32-21)19-5-9-20(29)10-6-19/h5-12,16,35H,4,13-14,17H2,1,3H3. The Kier molecular flexibility index (Phi) is 9.22. The Labute approximate surface area is 235 Å². The first-order chi connectivity index (χ1) is 18.5. The molecule has 38 heavy (non-hydrogen) atoms. The van der Waals surface area contributed by atoms with E-state index in [1.165, 1.54) is 11.8 Å². The summed E-state index contributed by atoms with van der Waals surface area (Å²) in [4.78, 5) is 15.2. The van der Waals surface area contributed by atoms with Crippen molar-refractivity contribution in [1.82, 2.24) is 9.97 Å². The van der Waals surface area contributed by atoms with E-state index in [9.17, 15) is 5.26 Å². The summed E-state index contributed by atoms with van der Waals surface area (Å²) in [6.45, 7) is 10.7. The van der Waals surface area contributed by atoms with E-state index in [0.29, 0.717) is 50.7 Å². The molecule has 10 heteroatoms. The smallest absolute Gasteiger partial charge is 0.237 e. The molecule has 7 nitrogen and oxygen atoms in total. The van der Waals surface area contributed by atoms with Gasteiger partial charge in [0.1, 0.15) is 34.3 Å². The minimum atomic E-state index is -0.0833. The number of aliphatic hydroxyl groups excluding tert-OH is 1. The monoisotopic (exact) mass is 561 g/mol. The molecule has 0 saturated heterocycles. The molecule has 0 fully saturated rings. The maximum Gasteiger partial charge on any atom is 0.237 e. The van der Waals surface area contributed by atoms with Crippen LogP contribution in [-0.2, 0) is 5.75 Å².